The first-order valence-corrected chi connectivity index (χ1v) is 17.7. The fourth-order valence-corrected chi connectivity index (χ4v) is 4.70. The average molecular weight is 786 g/mol. The van der Waals surface area contributed by atoms with E-state index in [0.717, 1.165) is 22.3 Å². The number of benzene rings is 4. The van der Waals surface area contributed by atoms with Gasteiger partial charge in [-0.05, 0) is 76.2 Å². The predicted molar refractivity (Wildman–Crippen MR) is 157 cm³/mol. The van der Waals surface area contributed by atoms with Crippen molar-refractivity contribution in [3.8, 4) is 0 Å². The Morgan fingerprint density at radius 3 is 0.511 bits per heavy atom. The molecule has 0 aliphatic heterocycles. The van der Waals surface area contributed by atoms with Gasteiger partial charge in [0.05, 0.1) is 19.6 Å². The standard InChI is InChI=1S/4C7H8O3S.Ru/c4*1-6-2-4-7(5-3-6)11(8,9)10;/h4*2-5H,1H3,(H,8,9,10);/q;;;;+4/p-4. The first-order chi connectivity index (χ1) is 20.0. The molecule has 0 aliphatic carbocycles. The zero-order chi connectivity index (χ0) is 33.9. The topological polar surface area (TPSA) is 229 Å². The van der Waals surface area contributed by atoms with Gasteiger partial charge >= 0.3 is 19.5 Å². The van der Waals surface area contributed by atoms with Gasteiger partial charge in [0, 0.05) is 0 Å². The molecule has 0 saturated heterocycles. The van der Waals surface area contributed by atoms with E-state index in [-0.39, 0.29) is 39.1 Å². The number of rotatable bonds is 4. The van der Waals surface area contributed by atoms with Crippen molar-refractivity contribution in [1.82, 2.24) is 0 Å². The second-order valence-corrected chi connectivity index (χ2v) is 14.6. The normalized spacial score (nSPS) is 11.2. The van der Waals surface area contributed by atoms with Gasteiger partial charge < -0.3 is 18.2 Å². The summed E-state index contributed by atoms with van der Waals surface area (Å²) < 4.78 is 125. The van der Waals surface area contributed by atoms with Crippen LogP contribution in [0.4, 0.5) is 0 Å². The molecule has 0 N–H and O–H groups in total. The average Bonchev–Trinajstić information content (AvgIpc) is 2.89. The summed E-state index contributed by atoms with van der Waals surface area (Å²) in [7, 11) is -17.1. The SMILES string of the molecule is Cc1ccc(S(=O)(=O)[O-])cc1.Cc1ccc(S(=O)(=O)[O-])cc1.Cc1ccc(S(=O)(=O)[O-])cc1.Cc1ccc(S(=O)(=O)[O-])cc1.[Ru+4]. The molecule has 0 unspecified atom stereocenters. The van der Waals surface area contributed by atoms with Crippen molar-refractivity contribution >= 4 is 40.5 Å². The van der Waals surface area contributed by atoms with Crippen molar-refractivity contribution in [3.05, 3.63) is 119 Å². The molecule has 0 atom stereocenters. The van der Waals surface area contributed by atoms with Crippen LogP contribution in [0.1, 0.15) is 22.3 Å². The van der Waals surface area contributed by atoms with E-state index in [1.807, 2.05) is 27.7 Å². The van der Waals surface area contributed by atoms with Crippen molar-refractivity contribution in [2.75, 3.05) is 0 Å². The summed E-state index contributed by atoms with van der Waals surface area (Å²) in [6.45, 7) is 7.28. The Hall–Kier alpha value is -2.86. The van der Waals surface area contributed by atoms with Crippen LogP contribution in [0, 0.1) is 27.7 Å². The Balaban J connectivity index is 0.000000569. The monoisotopic (exact) mass is 786 g/mol. The number of hydrogen-bond donors (Lipinski definition) is 0. The van der Waals surface area contributed by atoms with Gasteiger partial charge in [-0.1, -0.05) is 70.8 Å². The maximum atomic E-state index is 10.4. The number of aryl methyl sites for hydroxylation is 4. The second kappa shape index (κ2) is 17.7. The third kappa shape index (κ3) is 16.9. The van der Waals surface area contributed by atoms with Crippen LogP contribution in [-0.4, -0.2) is 51.9 Å². The largest absolute Gasteiger partial charge is 4.00 e. The Morgan fingerprint density at radius 2 is 0.422 bits per heavy atom. The van der Waals surface area contributed by atoms with Crippen LogP contribution in [0.2, 0.25) is 0 Å². The summed E-state index contributed by atoms with van der Waals surface area (Å²) in [4.78, 5) is -0.711. The van der Waals surface area contributed by atoms with Crippen molar-refractivity contribution in [2.45, 2.75) is 47.3 Å². The predicted octanol–water partition coefficient (Wildman–Crippen LogP) is 3.59. The molecule has 0 amide bonds. The summed E-state index contributed by atoms with van der Waals surface area (Å²) >= 11 is 0. The van der Waals surface area contributed by atoms with E-state index in [1.54, 1.807) is 48.5 Å². The van der Waals surface area contributed by atoms with Crippen LogP contribution in [-0.2, 0) is 60.0 Å². The van der Waals surface area contributed by atoms with E-state index in [1.165, 1.54) is 48.5 Å². The quantitative estimate of drug-likeness (QED) is 0.214. The molecule has 0 radical (unpaired) electrons. The molecule has 0 bridgehead atoms. The van der Waals surface area contributed by atoms with Crippen LogP contribution in [0.25, 0.3) is 0 Å². The molecule has 45 heavy (non-hydrogen) atoms. The maximum Gasteiger partial charge on any atom is 4.00 e. The molecule has 0 fully saturated rings. The molecular formula is C28H28O12RuS4. The molecule has 4 rings (SSSR count). The van der Waals surface area contributed by atoms with E-state index >= 15 is 0 Å². The first-order valence-electron chi connectivity index (χ1n) is 12.1. The van der Waals surface area contributed by atoms with Crippen LogP contribution in [0.3, 0.4) is 0 Å². The Bertz CT molecular complexity index is 1650. The molecule has 0 saturated carbocycles. The fourth-order valence-electron chi connectivity index (χ4n) is 2.82. The molecule has 4 aromatic carbocycles. The van der Waals surface area contributed by atoms with Crippen molar-refractivity contribution in [2.24, 2.45) is 0 Å². The van der Waals surface area contributed by atoms with Crippen LogP contribution in [0.5, 0.6) is 0 Å². The van der Waals surface area contributed by atoms with Crippen molar-refractivity contribution in [1.29, 1.82) is 0 Å². The summed E-state index contributed by atoms with van der Waals surface area (Å²) in [5.41, 5.74) is 3.71. The summed E-state index contributed by atoms with van der Waals surface area (Å²) in [5.74, 6) is 0. The van der Waals surface area contributed by atoms with Gasteiger partial charge in [-0.15, -0.1) is 0 Å². The number of hydrogen-bond acceptors (Lipinski definition) is 12. The van der Waals surface area contributed by atoms with Gasteiger partial charge in [0.2, 0.25) is 0 Å². The summed E-state index contributed by atoms with van der Waals surface area (Å²) in [6.07, 6.45) is 0. The molecule has 0 aliphatic rings. The smallest absolute Gasteiger partial charge is 0.744 e. The molecule has 244 valence electrons. The molecule has 4 aromatic rings. The molecule has 17 heteroatoms. The minimum Gasteiger partial charge on any atom is -0.744 e. The third-order valence-corrected chi connectivity index (χ3v) is 8.64. The fraction of sp³-hybridized carbons (Fsp3) is 0.143. The van der Waals surface area contributed by atoms with Crippen molar-refractivity contribution in [3.63, 3.8) is 0 Å². The van der Waals surface area contributed by atoms with E-state index in [9.17, 15) is 51.9 Å². The van der Waals surface area contributed by atoms with E-state index in [2.05, 4.69) is 0 Å². The van der Waals surface area contributed by atoms with Crippen molar-refractivity contribution < 1.29 is 71.4 Å². The van der Waals surface area contributed by atoms with E-state index in [4.69, 9.17) is 0 Å². The van der Waals surface area contributed by atoms with Gasteiger partial charge in [-0.25, -0.2) is 33.7 Å². The Kier molecular flexibility index (Phi) is 16.6. The zero-order valence-corrected chi connectivity index (χ0v) is 29.1. The molecule has 12 nitrogen and oxygen atoms in total. The van der Waals surface area contributed by atoms with Gasteiger partial charge in [0.1, 0.15) is 40.5 Å². The molecule has 0 heterocycles. The zero-order valence-electron chi connectivity index (χ0n) is 24.1. The summed E-state index contributed by atoms with van der Waals surface area (Å²) in [6, 6.07) is 23.1. The van der Waals surface area contributed by atoms with Gasteiger partial charge in [0.25, 0.3) is 0 Å². The minimum atomic E-state index is -4.27. The first kappa shape index (κ1) is 42.1. The van der Waals surface area contributed by atoms with E-state index in [0.29, 0.717) is 0 Å². The Labute approximate surface area is 276 Å². The maximum absolute atomic E-state index is 10.4. The summed E-state index contributed by atoms with van der Waals surface area (Å²) in [5, 5.41) is 0. The second-order valence-electron chi connectivity index (χ2n) is 9.07. The third-order valence-electron chi connectivity index (χ3n) is 5.24. The van der Waals surface area contributed by atoms with E-state index < -0.39 is 40.5 Å². The molecule has 0 spiro atoms. The van der Waals surface area contributed by atoms with Gasteiger partial charge in [0.15, 0.2) is 0 Å². The van der Waals surface area contributed by atoms with Gasteiger partial charge in [-0.3, -0.25) is 0 Å². The Morgan fingerprint density at radius 1 is 0.311 bits per heavy atom. The molecule has 0 aromatic heterocycles. The van der Waals surface area contributed by atoms with Gasteiger partial charge in [-0.2, -0.15) is 0 Å². The minimum absolute atomic E-state index is 0. The van der Waals surface area contributed by atoms with Crippen LogP contribution >= 0.6 is 0 Å². The van der Waals surface area contributed by atoms with Crippen LogP contribution in [0.15, 0.2) is 117 Å². The molecular weight excluding hydrogens is 758 g/mol. The van der Waals surface area contributed by atoms with Crippen LogP contribution < -0.4 is 0 Å².